The number of Topliss-reactive ketones (excluding diaryl/α,β-unsaturated/α-hetero) is 1. The molecule has 5 heteroatoms. The molecule has 0 aliphatic carbocycles. The number of hydrogen-bond donors (Lipinski definition) is 0. The number of carbonyl (C=O) groups is 1. The van der Waals surface area contributed by atoms with Gasteiger partial charge in [-0.15, -0.1) is 11.3 Å². The minimum atomic E-state index is -0.217. The van der Waals surface area contributed by atoms with Crippen LogP contribution in [0.2, 0.25) is 0 Å². The highest BCUT2D eigenvalue weighted by atomic mass is 32.1. The van der Waals surface area contributed by atoms with Crippen molar-refractivity contribution in [2.75, 3.05) is 7.11 Å². The van der Waals surface area contributed by atoms with E-state index in [4.69, 9.17) is 9.47 Å². The van der Waals surface area contributed by atoms with Gasteiger partial charge in [0, 0.05) is 6.20 Å². The minimum absolute atomic E-state index is 0.0774. The van der Waals surface area contributed by atoms with Crippen molar-refractivity contribution in [3.63, 3.8) is 0 Å². The molecule has 0 amide bonds. The van der Waals surface area contributed by atoms with Gasteiger partial charge < -0.3 is 9.47 Å². The van der Waals surface area contributed by atoms with Gasteiger partial charge in [-0.1, -0.05) is 0 Å². The molecule has 4 nitrogen and oxygen atoms in total. The third kappa shape index (κ3) is 1.86. The highest BCUT2D eigenvalue weighted by Gasteiger charge is 2.28. The van der Waals surface area contributed by atoms with Gasteiger partial charge in [0.25, 0.3) is 0 Å². The zero-order chi connectivity index (χ0) is 12.5. The molecule has 1 aromatic heterocycles. The number of hydrogen-bond acceptors (Lipinski definition) is 5. The Morgan fingerprint density at radius 1 is 1.50 bits per heavy atom. The number of rotatable bonds is 2. The predicted molar refractivity (Wildman–Crippen MR) is 67.4 cm³/mol. The summed E-state index contributed by atoms with van der Waals surface area (Å²) in [5, 5.41) is 0. The first-order valence-electron chi connectivity index (χ1n) is 5.54. The number of ether oxygens (including phenoxy) is 2. The summed E-state index contributed by atoms with van der Waals surface area (Å²) in [7, 11) is 1.58. The molecule has 92 valence electrons. The summed E-state index contributed by atoms with van der Waals surface area (Å²) in [5.41, 5.74) is 2.34. The number of nitrogens with zero attached hydrogens (tertiary/aromatic N) is 1. The Hall–Kier alpha value is -1.88. The van der Waals surface area contributed by atoms with Crippen LogP contribution in [0.4, 0.5) is 0 Å². The van der Waals surface area contributed by atoms with Gasteiger partial charge in [-0.25, -0.2) is 0 Å². The van der Waals surface area contributed by atoms with Crippen LogP contribution in [0.15, 0.2) is 29.9 Å². The highest BCUT2D eigenvalue weighted by Crippen LogP contribution is 2.37. The summed E-state index contributed by atoms with van der Waals surface area (Å²) in [5.74, 6) is 1.36. The monoisotopic (exact) mass is 261 g/mol. The second kappa shape index (κ2) is 4.42. The van der Waals surface area contributed by atoms with Gasteiger partial charge in [0.1, 0.15) is 17.6 Å². The van der Waals surface area contributed by atoms with E-state index in [2.05, 4.69) is 4.98 Å². The van der Waals surface area contributed by atoms with Gasteiger partial charge in [-0.05, 0) is 18.2 Å². The molecule has 0 spiro atoms. The molecule has 2 aromatic rings. The van der Waals surface area contributed by atoms with E-state index < -0.39 is 0 Å². The average Bonchev–Trinajstić information content (AvgIpc) is 2.92. The van der Waals surface area contributed by atoms with E-state index in [0.717, 1.165) is 4.88 Å². The van der Waals surface area contributed by atoms with E-state index in [1.54, 1.807) is 37.0 Å². The van der Waals surface area contributed by atoms with Gasteiger partial charge in [0.2, 0.25) is 0 Å². The van der Waals surface area contributed by atoms with Gasteiger partial charge in [-0.3, -0.25) is 9.78 Å². The normalized spacial score (nSPS) is 18.1. The van der Waals surface area contributed by atoms with E-state index in [1.807, 2.05) is 0 Å². The lowest BCUT2D eigenvalue weighted by atomic mass is 10.00. The molecule has 1 aliphatic heterocycles. The largest absolute Gasteiger partial charge is 0.497 e. The summed E-state index contributed by atoms with van der Waals surface area (Å²) in [6, 6.07) is 5.29. The topological polar surface area (TPSA) is 48.4 Å². The number of ketones is 1. The quantitative estimate of drug-likeness (QED) is 0.834. The molecule has 1 atom stereocenters. The van der Waals surface area contributed by atoms with E-state index in [9.17, 15) is 4.79 Å². The molecule has 1 aromatic carbocycles. The van der Waals surface area contributed by atoms with Gasteiger partial charge in [0.05, 0.1) is 29.5 Å². The maximum Gasteiger partial charge on any atom is 0.170 e. The number of benzene rings is 1. The molecule has 0 fully saturated rings. The molecular formula is C13H11NO3S. The van der Waals surface area contributed by atoms with Crippen LogP contribution in [0.1, 0.15) is 27.8 Å². The van der Waals surface area contributed by atoms with Crippen molar-refractivity contribution in [2.45, 2.75) is 12.5 Å². The lowest BCUT2D eigenvalue weighted by Gasteiger charge is -2.24. The Balaban J connectivity index is 1.96. The molecule has 1 aliphatic rings. The highest BCUT2D eigenvalue weighted by molar-refractivity contribution is 7.09. The summed E-state index contributed by atoms with van der Waals surface area (Å²) in [4.78, 5) is 17.1. The lowest BCUT2D eigenvalue weighted by molar-refractivity contribution is 0.0853. The molecule has 2 heterocycles. The Labute approximate surface area is 108 Å². The first-order valence-corrected chi connectivity index (χ1v) is 6.42. The van der Waals surface area contributed by atoms with Crippen LogP contribution in [0, 0.1) is 0 Å². The molecule has 0 saturated heterocycles. The van der Waals surface area contributed by atoms with Crippen LogP contribution in [0.3, 0.4) is 0 Å². The molecule has 0 bridgehead atoms. The molecule has 0 radical (unpaired) electrons. The molecule has 0 N–H and O–H groups in total. The van der Waals surface area contributed by atoms with E-state index >= 15 is 0 Å². The van der Waals surface area contributed by atoms with Crippen LogP contribution >= 0.6 is 11.3 Å². The summed E-state index contributed by atoms with van der Waals surface area (Å²) < 4.78 is 11.0. The first kappa shape index (κ1) is 11.2. The number of thiazole rings is 1. The Morgan fingerprint density at radius 3 is 3.11 bits per heavy atom. The fraction of sp³-hybridized carbons (Fsp3) is 0.231. The van der Waals surface area contributed by atoms with Gasteiger partial charge in [-0.2, -0.15) is 0 Å². The minimum Gasteiger partial charge on any atom is -0.497 e. The zero-order valence-electron chi connectivity index (χ0n) is 9.75. The first-order chi connectivity index (χ1) is 8.78. The smallest absolute Gasteiger partial charge is 0.170 e. The Bertz CT molecular complexity index is 580. The van der Waals surface area contributed by atoms with Crippen molar-refractivity contribution in [1.29, 1.82) is 0 Å². The standard InChI is InChI=1S/C13H11NO3S/c1-16-8-2-3-11-9(4-8)10(15)5-12(17-11)13-6-14-7-18-13/h2-4,6-7,12H,5H2,1H3. The fourth-order valence-electron chi connectivity index (χ4n) is 1.97. The van der Waals surface area contributed by atoms with Crippen LogP contribution in [0.5, 0.6) is 11.5 Å². The third-order valence-corrected chi connectivity index (χ3v) is 3.76. The summed E-state index contributed by atoms with van der Waals surface area (Å²) >= 11 is 1.50. The molecule has 1 unspecified atom stereocenters. The third-order valence-electron chi connectivity index (χ3n) is 2.90. The Kier molecular flexibility index (Phi) is 2.76. The maximum atomic E-state index is 12.1. The predicted octanol–water partition coefficient (Wildman–Crippen LogP) is 2.86. The van der Waals surface area contributed by atoms with E-state index in [-0.39, 0.29) is 11.9 Å². The summed E-state index contributed by atoms with van der Waals surface area (Å²) in [6.07, 6.45) is 1.88. The summed E-state index contributed by atoms with van der Waals surface area (Å²) in [6.45, 7) is 0. The van der Waals surface area contributed by atoms with Crippen LogP contribution in [-0.4, -0.2) is 17.9 Å². The van der Waals surface area contributed by atoms with Crippen molar-refractivity contribution >= 4 is 17.1 Å². The fourth-order valence-corrected chi connectivity index (χ4v) is 2.62. The van der Waals surface area contributed by atoms with Gasteiger partial charge in [0.15, 0.2) is 5.78 Å². The number of methoxy groups -OCH3 is 1. The second-order valence-electron chi connectivity index (χ2n) is 4.00. The zero-order valence-corrected chi connectivity index (χ0v) is 10.6. The average molecular weight is 261 g/mol. The lowest BCUT2D eigenvalue weighted by Crippen LogP contribution is -2.19. The Morgan fingerprint density at radius 2 is 2.39 bits per heavy atom. The van der Waals surface area contributed by atoms with Crippen LogP contribution < -0.4 is 9.47 Å². The van der Waals surface area contributed by atoms with Crippen molar-refractivity contribution in [3.05, 3.63) is 40.3 Å². The van der Waals surface area contributed by atoms with E-state index in [1.165, 1.54) is 11.3 Å². The van der Waals surface area contributed by atoms with Crippen LogP contribution in [0.25, 0.3) is 0 Å². The molecule has 0 saturated carbocycles. The second-order valence-corrected chi connectivity index (χ2v) is 4.92. The molecular weight excluding hydrogens is 250 g/mol. The van der Waals surface area contributed by atoms with E-state index in [0.29, 0.717) is 23.5 Å². The SMILES string of the molecule is COc1ccc2c(c1)C(=O)CC(c1cncs1)O2. The van der Waals surface area contributed by atoms with Crippen molar-refractivity contribution in [1.82, 2.24) is 4.98 Å². The number of fused-ring (bicyclic) bond motifs is 1. The van der Waals surface area contributed by atoms with Crippen LogP contribution in [-0.2, 0) is 0 Å². The van der Waals surface area contributed by atoms with Crippen molar-refractivity contribution < 1.29 is 14.3 Å². The number of aromatic nitrogens is 1. The van der Waals surface area contributed by atoms with Crippen molar-refractivity contribution in [2.24, 2.45) is 0 Å². The molecule has 18 heavy (non-hydrogen) atoms. The molecule has 3 rings (SSSR count). The maximum absolute atomic E-state index is 12.1. The van der Waals surface area contributed by atoms with Gasteiger partial charge >= 0.3 is 0 Å². The number of carbonyl (C=O) groups excluding carboxylic acids is 1. The van der Waals surface area contributed by atoms with Crippen molar-refractivity contribution in [3.8, 4) is 11.5 Å².